The first-order valence-corrected chi connectivity index (χ1v) is 7.71. The molecule has 1 amide bonds. The highest BCUT2D eigenvalue weighted by atomic mass is 32.2. The van der Waals surface area contributed by atoms with Crippen LogP contribution in [-0.2, 0) is 14.8 Å². The number of benzene rings is 2. The Bertz CT molecular complexity index is 721. The lowest BCUT2D eigenvalue weighted by molar-refractivity contribution is -0.118. The maximum atomic E-state index is 12.3. The van der Waals surface area contributed by atoms with Gasteiger partial charge < -0.3 is 5.32 Å². The Balaban J connectivity index is 2.21. The molecule has 2 aromatic rings. The lowest BCUT2D eigenvalue weighted by Crippen LogP contribution is -2.33. The normalized spacial score (nSPS) is 11.4. The van der Waals surface area contributed by atoms with Gasteiger partial charge in [0, 0.05) is 25.4 Å². The second-order valence-electron chi connectivity index (χ2n) is 4.36. The Hall–Kier alpha value is -1.92. The van der Waals surface area contributed by atoms with E-state index in [1.807, 2.05) is 18.2 Å². The van der Waals surface area contributed by atoms with Crippen LogP contribution in [0.4, 0.5) is 0 Å². The molecular weight excluding hydrogens is 276 g/mol. The first kappa shape index (κ1) is 14.5. The molecular formula is C14H16N2O3S. The van der Waals surface area contributed by atoms with Gasteiger partial charge in [0.05, 0.1) is 4.90 Å². The van der Waals surface area contributed by atoms with E-state index < -0.39 is 10.0 Å². The van der Waals surface area contributed by atoms with Gasteiger partial charge in [0.2, 0.25) is 15.9 Å². The van der Waals surface area contributed by atoms with E-state index in [1.165, 1.54) is 6.92 Å². The average molecular weight is 292 g/mol. The van der Waals surface area contributed by atoms with Crippen molar-refractivity contribution in [3.8, 4) is 0 Å². The Morgan fingerprint density at radius 1 is 1.05 bits per heavy atom. The molecule has 0 aliphatic carbocycles. The zero-order chi connectivity index (χ0) is 14.6. The van der Waals surface area contributed by atoms with E-state index in [2.05, 4.69) is 10.0 Å². The fourth-order valence-corrected chi connectivity index (χ4v) is 3.19. The number of amides is 1. The van der Waals surface area contributed by atoms with Gasteiger partial charge >= 0.3 is 0 Å². The van der Waals surface area contributed by atoms with Crippen LogP contribution in [0.5, 0.6) is 0 Å². The quantitative estimate of drug-likeness (QED) is 0.815. The summed E-state index contributed by atoms with van der Waals surface area (Å²) in [5, 5.41) is 4.10. The van der Waals surface area contributed by atoms with E-state index in [4.69, 9.17) is 0 Å². The molecule has 6 heteroatoms. The van der Waals surface area contributed by atoms with Gasteiger partial charge in [0.15, 0.2) is 0 Å². The SMILES string of the molecule is CC(=O)NCCNS(=O)(=O)c1cccc2ccccc12. The predicted molar refractivity (Wildman–Crippen MR) is 77.8 cm³/mol. The zero-order valence-electron chi connectivity index (χ0n) is 11.1. The highest BCUT2D eigenvalue weighted by Crippen LogP contribution is 2.22. The summed E-state index contributed by atoms with van der Waals surface area (Å²) in [5.74, 6) is -0.186. The Labute approximate surface area is 118 Å². The van der Waals surface area contributed by atoms with Crippen molar-refractivity contribution in [3.63, 3.8) is 0 Å². The number of rotatable bonds is 5. The minimum Gasteiger partial charge on any atom is -0.355 e. The van der Waals surface area contributed by atoms with E-state index >= 15 is 0 Å². The molecule has 0 spiro atoms. The smallest absolute Gasteiger partial charge is 0.241 e. The Morgan fingerprint density at radius 3 is 2.50 bits per heavy atom. The third kappa shape index (κ3) is 3.34. The minimum atomic E-state index is -3.59. The predicted octanol–water partition coefficient (Wildman–Crippen LogP) is 1.25. The van der Waals surface area contributed by atoms with Crippen LogP contribution in [0.15, 0.2) is 47.4 Å². The second-order valence-corrected chi connectivity index (χ2v) is 6.09. The van der Waals surface area contributed by atoms with Gasteiger partial charge in [-0.05, 0) is 11.5 Å². The number of nitrogens with one attached hydrogen (secondary N) is 2. The summed E-state index contributed by atoms with van der Waals surface area (Å²) in [4.78, 5) is 11.0. The van der Waals surface area contributed by atoms with E-state index in [9.17, 15) is 13.2 Å². The maximum Gasteiger partial charge on any atom is 0.241 e. The summed E-state index contributed by atoms with van der Waals surface area (Å²) < 4.78 is 27.0. The zero-order valence-corrected chi connectivity index (χ0v) is 11.9. The number of sulfonamides is 1. The van der Waals surface area contributed by atoms with Crippen molar-refractivity contribution in [2.75, 3.05) is 13.1 Å². The van der Waals surface area contributed by atoms with Gasteiger partial charge in [-0.15, -0.1) is 0 Å². The third-order valence-electron chi connectivity index (χ3n) is 2.83. The molecule has 0 heterocycles. The molecule has 2 rings (SSSR count). The molecule has 0 bridgehead atoms. The molecule has 0 atom stereocenters. The van der Waals surface area contributed by atoms with Crippen LogP contribution in [0.25, 0.3) is 10.8 Å². The fraction of sp³-hybridized carbons (Fsp3) is 0.214. The van der Waals surface area contributed by atoms with Gasteiger partial charge in [0.25, 0.3) is 0 Å². The Morgan fingerprint density at radius 2 is 1.75 bits per heavy atom. The molecule has 0 aromatic heterocycles. The minimum absolute atomic E-state index is 0.158. The van der Waals surface area contributed by atoms with E-state index in [1.54, 1.807) is 24.3 Å². The van der Waals surface area contributed by atoms with Crippen LogP contribution in [0.3, 0.4) is 0 Å². The molecule has 2 N–H and O–H groups in total. The Kier molecular flexibility index (Phi) is 4.36. The largest absolute Gasteiger partial charge is 0.355 e. The van der Waals surface area contributed by atoms with Crippen molar-refractivity contribution in [2.45, 2.75) is 11.8 Å². The van der Waals surface area contributed by atoms with Crippen LogP contribution < -0.4 is 10.0 Å². The molecule has 0 unspecified atom stereocenters. The van der Waals surface area contributed by atoms with Crippen molar-refractivity contribution in [2.24, 2.45) is 0 Å². The van der Waals surface area contributed by atoms with Crippen molar-refractivity contribution >= 4 is 26.7 Å². The first-order chi connectivity index (χ1) is 9.50. The molecule has 0 saturated carbocycles. The number of fused-ring (bicyclic) bond motifs is 1. The molecule has 2 aromatic carbocycles. The molecule has 0 aliphatic heterocycles. The lowest BCUT2D eigenvalue weighted by Gasteiger charge is -2.09. The molecule has 0 fully saturated rings. The van der Waals surface area contributed by atoms with E-state index in [-0.39, 0.29) is 23.9 Å². The van der Waals surface area contributed by atoms with Crippen LogP contribution >= 0.6 is 0 Å². The number of hydrogen-bond acceptors (Lipinski definition) is 3. The fourth-order valence-electron chi connectivity index (χ4n) is 1.93. The maximum absolute atomic E-state index is 12.3. The van der Waals surface area contributed by atoms with E-state index in [0.29, 0.717) is 5.39 Å². The topological polar surface area (TPSA) is 75.3 Å². The molecule has 0 radical (unpaired) electrons. The van der Waals surface area contributed by atoms with Gasteiger partial charge in [-0.25, -0.2) is 13.1 Å². The summed E-state index contributed by atoms with van der Waals surface area (Å²) in [5.41, 5.74) is 0. The number of carbonyl (C=O) groups excluding carboxylic acids is 1. The second kappa shape index (κ2) is 6.02. The number of hydrogen-bond donors (Lipinski definition) is 2. The monoisotopic (exact) mass is 292 g/mol. The van der Waals surface area contributed by atoms with Crippen molar-refractivity contribution in [1.29, 1.82) is 0 Å². The average Bonchev–Trinajstić information content (AvgIpc) is 2.43. The van der Waals surface area contributed by atoms with Crippen molar-refractivity contribution in [1.82, 2.24) is 10.0 Å². The van der Waals surface area contributed by atoms with Crippen LogP contribution in [0.2, 0.25) is 0 Å². The summed E-state index contributed by atoms with van der Waals surface area (Å²) in [6.45, 7) is 1.81. The number of carbonyl (C=O) groups is 1. The lowest BCUT2D eigenvalue weighted by atomic mass is 10.1. The van der Waals surface area contributed by atoms with Gasteiger partial charge in [-0.3, -0.25) is 4.79 Å². The molecule has 0 saturated heterocycles. The van der Waals surface area contributed by atoms with Crippen LogP contribution in [0.1, 0.15) is 6.92 Å². The molecule has 5 nitrogen and oxygen atoms in total. The highest BCUT2D eigenvalue weighted by molar-refractivity contribution is 7.89. The van der Waals surface area contributed by atoms with Gasteiger partial charge in [0.1, 0.15) is 0 Å². The van der Waals surface area contributed by atoms with E-state index in [0.717, 1.165) is 5.39 Å². The standard InChI is InChI=1S/C14H16N2O3S/c1-11(17)15-9-10-16-20(18,19)14-8-4-6-12-5-2-3-7-13(12)14/h2-8,16H,9-10H2,1H3,(H,15,17). The van der Waals surface area contributed by atoms with Gasteiger partial charge in [-0.2, -0.15) is 0 Å². The first-order valence-electron chi connectivity index (χ1n) is 6.22. The van der Waals surface area contributed by atoms with Crippen LogP contribution in [0, 0.1) is 0 Å². The van der Waals surface area contributed by atoms with Crippen LogP contribution in [-0.4, -0.2) is 27.4 Å². The summed E-state index contributed by atoms with van der Waals surface area (Å²) >= 11 is 0. The molecule has 106 valence electrons. The summed E-state index contributed by atoms with van der Waals surface area (Å²) in [7, 11) is -3.59. The highest BCUT2D eigenvalue weighted by Gasteiger charge is 2.16. The summed E-state index contributed by atoms with van der Waals surface area (Å²) in [6.07, 6.45) is 0. The van der Waals surface area contributed by atoms with Gasteiger partial charge in [-0.1, -0.05) is 36.4 Å². The van der Waals surface area contributed by atoms with Crippen molar-refractivity contribution in [3.05, 3.63) is 42.5 Å². The summed E-state index contributed by atoms with van der Waals surface area (Å²) in [6, 6.07) is 12.5. The molecule has 20 heavy (non-hydrogen) atoms. The van der Waals surface area contributed by atoms with Crippen molar-refractivity contribution < 1.29 is 13.2 Å². The third-order valence-corrected chi connectivity index (χ3v) is 4.35. The molecule has 0 aliphatic rings.